The maximum absolute atomic E-state index is 12.7. The highest BCUT2D eigenvalue weighted by atomic mass is 32.2. The normalized spacial score (nSPS) is 13.2. The quantitative estimate of drug-likeness (QED) is 0.753. The van der Waals surface area contributed by atoms with Crippen LogP contribution in [0.25, 0.3) is 5.52 Å². The van der Waals surface area contributed by atoms with Crippen molar-refractivity contribution in [3.63, 3.8) is 0 Å². The molecule has 0 saturated carbocycles. The maximum atomic E-state index is 12.7. The smallest absolute Gasteiger partial charge is 0.291 e. The van der Waals surface area contributed by atoms with Crippen LogP contribution in [0.5, 0.6) is 0 Å². The second kappa shape index (κ2) is 6.45. The SMILES string of the molecule is CCn1nc(C)n2cc(S(=O)(=O)N[C@@H](C)c3ccccc3)cc2c1=O. The van der Waals surface area contributed by atoms with E-state index < -0.39 is 10.0 Å². The molecule has 132 valence electrons. The fraction of sp³-hybridized carbons (Fsp3) is 0.294. The summed E-state index contributed by atoms with van der Waals surface area (Å²) in [6, 6.07) is 10.3. The summed E-state index contributed by atoms with van der Waals surface area (Å²) in [4.78, 5) is 12.4. The summed E-state index contributed by atoms with van der Waals surface area (Å²) in [6.07, 6.45) is 1.43. The van der Waals surface area contributed by atoms with Crippen LogP contribution in [0, 0.1) is 6.92 Å². The van der Waals surface area contributed by atoms with Gasteiger partial charge in [-0.3, -0.25) is 9.20 Å². The molecule has 0 amide bonds. The molecule has 0 bridgehead atoms. The van der Waals surface area contributed by atoms with Gasteiger partial charge >= 0.3 is 0 Å². The van der Waals surface area contributed by atoms with Crippen LogP contribution >= 0.6 is 0 Å². The van der Waals surface area contributed by atoms with Gasteiger partial charge in [0.15, 0.2) is 0 Å². The Hall–Kier alpha value is -2.45. The minimum absolute atomic E-state index is 0.0473. The first-order valence-electron chi connectivity index (χ1n) is 8.00. The zero-order chi connectivity index (χ0) is 18.2. The minimum atomic E-state index is -3.77. The lowest BCUT2D eigenvalue weighted by Gasteiger charge is -2.13. The summed E-state index contributed by atoms with van der Waals surface area (Å²) in [6.45, 7) is 5.75. The van der Waals surface area contributed by atoms with Gasteiger partial charge in [0.2, 0.25) is 10.0 Å². The van der Waals surface area contributed by atoms with Crippen molar-refractivity contribution in [2.75, 3.05) is 0 Å². The van der Waals surface area contributed by atoms with E-state index in [0.29, 0.717) is 17.9 Å². The molecule has 1 aromatic carbocycles. The molecule has 0 spiro atoms. The van der Waals surface area contributed by atoms with Gasteiger partial charge in [-0.25, -0.2) is 17.8 Å². The van der Waals surface area contributed by atoms with E-state index in [4.69, 9.17) is 0 Å². The molecule has 0 unspecified atom stereocenters. The number of benzene rings is 1. The first kappa shape index (κ1) is 17.4. The predicted molar refractivity (Wildman–Crippen MR) is 95.0 cm³/mol. The Bertz CT molecular complexity index is 1070. The predicted octanol–water partition coefficient (Wildman–Crippen LogP) is 1.86. The van der Waals surface area contributed by atoms with Gasteiger partial charge in [0.25, 0.3) is 5.56 Å². The van der Waals surface area contributed by atoms with Gasteiger partial charge in [0, 0.05) is 18.8 Å². The molecule has 7 nitrogen and oxygen atoms in total. The summed E-state index contributed by atoms with van der Waals surface area (Å²) >= 11 is 0. The van der Waals surface area contributed by atoms with E-state index in [9.17, 15) is 13.2 Å². The van der Waals surface area contributed by atoms with Crippen LogP contribution < -0.4 is 10.3 Å². The number of aromatic nitrogens is 3. The average molecular weight is 360 g/mol. The summed E-state index contributed by atoms with van der Waals surface area (Å²) in [5.74, 6) is 0.550. The molecule has 3 rings (SSSR count). The zero-order valence-corrected chi connectivity index (χ0v) is 15.1. The van der Waals surface area contributed by atoms with E-state index in [2.05, 4.69) is 9.82 Å². The van der Waals surface area contributed by atoms with E-state index in [1.54, 1.807) is 13.8 Å². The van der Waals surface area contributed by atoms with Gasteiger partial charge < -0.3 is 0 Å². The van der Waals surface area contributed by atoms with E-state index in [-0.39, 0.29) is 16.5 Å². The molecule has 0 aliphatic rings. The van der Waals surface area contributed by atoms with Gasteiger partial charge in [0.1, 0.15) is 16.2 Å². The van der Waals surface area contributed by atoms with Crippen LogP contribution in [0.4, 0.5) is 0 Å². The topological polar surface area (TPSA) is 85.5 Å². The monoisotopic (exact) mass is 360 g/mol. The van der Waals surface area contributed by atoms with Crippen LogP contribution in [0.15, 0.2) is 52.3 Å². The van der Waals surface area contributed by atoms with Crippen molar-refractivity contribution in [1.82, 2.24) is 18.9 Å². The molecule has 2 heterocycles. The fourth-order valence-corrected chi connectivity index (χ4v) is 3.99. The van der Waals surface area contributed by atoms with Crippen molar-refractivity contribution in [2.24, 2.45) is 0 Å². The van der Waals surface area contributed by atoms with Crippen molar-refractivity contribution in [3.05, 3.63) is 64.3 Å². The molecule has 3 aromatic rings. The number of nitrogens with zero attached hydrogens (tertiary/aromatic N) is 3. The van der Waals surface area contributed by atoms with Crippen molar-refractivity contribution in [3.8, 4) is 0 Å². The first-order valence-corrected chi connectivity index (χ1v) is 9.49. The summed E-state index contributed by atoms with van der Waals surface area (Å²) in [5, 5.41) is 4.18. The van der Waals surface area contributed by atoms with E-state index in [1.807, 2.05) is 37.3 Å². The largest absolute Gasteiger partial charge is 0.298 e. The second-order valence-corrected chi connectivity index (χ2v) is 7.57. The van der Waals surface area contributed by atoms with E-state index in [0.717, 1.165) is 5.56 Å². The van der Waals surface area contributed by atoms with E-state index >= 15 is 0 Å². The van der Waals surface area contributed by atoms with Crippen LogP contribution in [0.1, 0.15) is 31.3 Å². The van der Waals surface area contributed by atoms with E-state index in [1.165, 1.54) is 21.3 Å². The molecule has 0 aliphatic carbocycles. The first-order chi connectivity index (χ1) is 11.8. The molecule has 2 aromatic heterocycles. The van der Waals surface area contributed by atoms with Gasteiger partial charge in [-0.05, 0) is 32.4 Å². The number of fused-ring (bicyclic) bond motifs is 1. The van der Waals surface area contributed by atoms with Crippen molar-refractivity contribution >= 4 is 15.5 Å². The highest BCUT2D eigenvalue weighted by Crippen LogP contribution is 2.18. The molecule has 1 N–H and O–H groups in total. The molecule has 0 fully saturated rings. The molecular formula is C17H20N4O3S. The lowest BCUT2D eigenvalue weighted by Crippen LogP contribution is -2.26. The third-order valence-corrected chi connectivity index (χ3v) is 5.61. The number of nitrogens with one attached hydrogen (secondary N) is 1. The van der Waals surface area contributed by atoms with Crippen molar-refractivity contribution in [2.45, 2.75) is 38.3 Å². The lowest BCUT2D eigenvalue weighted by atomic mass is 10.1. The van der Waals surface area contributed by atoms with Crippen molar-refractivity contribution in [1.29, 1.82) is 0 Å². The summed E-state index contributed by atoms with van der Waals surface area (Å²) in [5.41, 5.74) is 0.841. The van der Waals surface area contributed by atoms with Crippen LogP contribution in [-0.4, -0.2) is 22.6 Å². The Morgan fingerprint density at radius 1 is 1.24 bits per heavy atom. The molecule has 25 heavy (non-hydrogen) atoms. The highest BCUT2D eigenvalue weighted by molar-refractivity contribution is 7.89. The number of rotatable bonds is 5. The molecule has 0 radical (unpaired) electrons. The standard InChI is InChI=1S/C17H20N4O3S/c1-4-21-17(22)16-10-15(11-20(16)13(3)18-21)25(23,24)19-12(2)14-8-6-5-7-9-14/h5-12,19H,4H2,1-3H3/t12-/m0/s1. The van der Waals surface area contributed by atoms with Crippen molar-refractivity contribution < 1.29 is 8.42 Å². The molecule has 0 saturated heterocycles. The minimum Gasteiger partial charge on any atom is -0.298 e. The number of hydrogen-bond acceptors (Lipinski definition) is 4. The Labute approximate surface area is 146 Å². The number of aryl methyl sites for hydroxylation is 2. The molecule has 8 heteroatoms. The molecular weight excluding hydrogens is 340 g/mol. The second-order valence-electron chi connectivity index (χ2n) is 5.85. The Kier molecular flexibility index (Phi) is 4.49. The van der Waals surface area contributed by atoms with Crippen LogP contribution in [-0.2, 0) is 16.6 Å². The highest BCUT2D eigenvalue weighted by Gasteiger charge is 2.22. The number of sulfonamides is 1. The zero-order valence-electron chi connectivity index (χ0n) is 14.3. The Morgan fingerprint density at radius 3 is 2.56 bits per heavy atom. The van der Waals surface area contributed by atoms with Gasteiger partial charge in [-0.15, -0.1) is 0 Å². The van der Waals surface area contributed by atoms with Crippen LogP contribution in [0.3, 0.4) is 0 Å². The number of hydrogen-bond donors (Lipinski definition) is 1. The Morgan fingerprint density at radius 2 is 1.92 bits per heavy atom. The summed E-state index contributed by atoms with van der Waals surface area (Å²) in [7, 11) is -3.77. The maximum Gasteiger partial charge on any atom is 0.291 e. The average Bonchev–Trinajstić information content (AvgIpc) is 3.06. The summed E-state index contributed by atoms with van der Waals surface area (Å²) < 4.78 is 30.9. The van der Waals surface area contributed by atoms with Gasteiger partial charge in [-0.2, -0.15) is 5.10 Å². The third-order valence-electron chi connectivity index (χ3n) is 4.10. The molecule has 0 aliphatic heterocycles. The van der Waals surface area contributed by atoms with Crippen LogP contribution in [0.2, 0.25) is 0 Å². The third kappa shape index (κ3) is 3.22. The molecule has 1 atom stereocenters. The van der Waals surface area contributed by atoms with Gasteiger partial charge in [0.05, 0.1) is 0 Å². The fourth-order valence-electron chi connectivity index (χ4n) is 2.74. The lowest BCUT2D eigenvalue weighted by molar-refractivity contribution is 0.567. The van der Waals surface area contributed by atoms with Gasteiger partial charge in [-0.1, -0.05) is 30.3 Å². The Balaban J connectivity index is 2.02.